The van der Waals surface area contributed by atoms with Gasteiger partial charge in [-0.05, 0) is 43.2 Å². The Labute approximate surface area is 128 Å². The Kier molecular flexibility index (Phi) is 4.99. The van der Waals surface area contributed by atoms with Gasteiger partial charge in [0.2, 0.25) is 0 Å². The molecule has 2 aromatic heterocycles. The first-order valence-corrected chi connectivity index (χ1v) is 7.81. The van der Waals surface area contributed by atoms with E-state index in [9.17, 15) is 0 Å². The first kappa shape index (κ1) is 15.3. The zero-order chi connectivity index (χ0) is 14.7. The Morgan fingerprint density at radius 2 is 2.00 bits per heavy atom. The van der Waals surface area contributed by atoms with Gasteiger partial charge in [-0.25, -0.2) is 0 Å². The molecule has 0 aromatic carbocycles. The minimum absolute atomic E-state index is 0.743. The van der Waals surface area contributed by atoms with Gasteiger partial charge in [-0.3, -0.25) is 9.36 Å². The second-order valence-corrected chi connectivity index (χ2v) is 5.65. The maximum atomic E-state index is 4.53. The Bertz CT molecular complexity index is 585. The molecule has 0 aliphatic carbocycles. The van der Waals surface area contributed by atoms with E-state index >= 15 is 0 Å². The highest BCUT2D eigenvalue weighted by Crippen LogP contribution is 2.22. The zero-order valence-corrected chi connectivity index (χ0v) is 14.2. The molecule has 0 amide bonds. The minimum Gasteiger partial charge on any atom is -0.313 e. The average Bonchev–Trinajstić information content (AvgIpc) is 2.92. The van der Waals surface area contributed by atoms with Gasteiger partial charge >= 0.3 is 0 Å². The number of hydrogen-bond acceptors (Lipinski definition) is 3. The fourth-order valence-corrected chi connectivity index (χ4v) is 2.65. The van der Waals surface area contributed by atoms with Crippen LogP contribution in [-0.2, 0) is 19.6 Å². The van der Waals surface area contributed by atoms with Crippen molar-refractivity contribution in [1.29, 1.82) is 0 Å². The Morgan fingerprint density at radius 3 is 2.65 bits per heavy atom. The van der Waals surface area contributed by atoms with Crippen molar-refractivity contribution in [3.8, 4) is 0 Å². The maximum absolute atomic E-state index is 4.53. The van der Waals surface area contributed by atoms with Gasteiger partial charge in [0.25, 0.3) is 0 Å². The van der Waals surface area contributed by atoms with Crippen molar-refractivity contribution in [2.75, 3.05) is 6.54 Å². The highest BCUT2D eigenvalue weighted by molar-refractivity contribution is 9.10. The molecular formula is C14H22BrN5. The normalized spacial score (nSPS) is 11.2. The molecule has 1 N–H and O–H groups in total. The third-order valence-corrected chi connectivity index (χ3v) is 4.55. The van der Waals surface area contributed by atoms with Gasteiger partial charge in [-0.1, -0.05) is 6.92 Å². The summed E-state index contributed by atoms with van der Waals surface area (Å²) in [6, 6.07) is 0. The average molecular weight is 340 g/mol. The molecule has 2 aromatic rings. The molecule has 2 heterocycles. The SMILES string of the molecule is CCNCc1cnn(Cc2c(Br)c(C)nn2CC)c1C. The molecule has 0 aliphatic rings. The summed E-state index contributed by atoms with van der Waals surface area (Å²) < 4.78 is 5.16. The molecule has 5 nitrogen and oxygen atoms in total. The summed E-state index contributed by atoms with van der Waals surface area (Å²) in [5.41, 5.74) is 4.66. The van der Waals surface area contributed by atoms with Crippen LogP contribution < -0.4 is 5.32 Å². The zero-order valence-electron chi connectivity index (χ0n) is 12.6. The molecule has 0 saturated heterocycles. The molecule has 0 unspecified atom stereocenters. The van der Waals surface area contributed by atoms with Gasteiger partial charge in [0.15, 0.2) is 0 Å². The fraction of sp³-hybridized carbons (Fsp3) is 0.571. The van der Waals surface area contributed by atoms with Crippen LogP contribution in [0.15, 0.2) is 10.7 Å². The molecule has 0 fully saturated rings. The molecule has 0 radical (unpaired) electrons. The lowest BCUT2D eigenvalue weighted by molar-refractivity contribution is 0.566. The van der Waals surface area contributed by atoms with E-state index in [1.54, 1.807) is 0 Å². The van der Waals surface area contributed by atoms with Crippen LogP contribution in [0.5, 0.6) is 0 Å². The van der Waals surface area contributed by atoms with E-state index in [-0.39, 0.29) is 0 Å². The van der Waals surface area contributed by atoms with E-state index < -0.39 is 0 Å². The Balaban J connectivity index is 2.24. The van der Waals surface area contributed by atoms with Gasteiger partial charge in [0, 0.05) is 24.3 Å². The van der Waals surface area contributed by atoms with Crippen molar-refractivity contribution in [2.24, 2.45) is 0 Å². The number of aromatic nitrogens is 4. The van der Waals surface area contributed by atoms with E-state index in [4.69, 9.17) is 0 Å². The number of hydrogen-bond donors (Lipinski definition) is 1. The van der Waals surface area contributed by atoms with Gasteiger partial charge in [0.1, 0.15) is 0 Å². The smallest absolute Gasteiger partial charge is 0.0842 e. The molecule has 0 spiro atoms. The summed E-state index contributed by atoms with van der Waals surface area (Å²) in [7, 11) is 0. The van der Waals surface area contributed by atoms with Crippen LogP contribution in [0.2, 0.25) is 0 Å². The second kappa shape index (κ2) is 6.54. The van der Waals surface area contributed by atoms with Gasteiger partial charge in [0.05, 0.1) is 28.6 Å². The van der Waals surface area contributed by atoms with Crippen LogP contribution in [-0.4, -0.2) is 26.1 Å². The van der Waals surface area contributed by atoms with Crippen molar-refractivity contribution < 1.29 is 0 Å². The monoisotopic (exact) mass is 339 g/mol. The highest BCUT2D eigenvalue weighted by atomic mass is 79.9. The van der Waals surface area contributed by atoms with E-state index in [1.807, 2.05) is 22.5 Å². The van der Waals surface area contributed by atoms with E-state index in [2.05, 4.69) is 52.2 Å². The summed E-state index contributed by atoms with van der Waals surface area (Å²) in [6.07, 6.45) is 1.95. The molecule has 0 saturated carbocycles. The predicted molar refractivity (Wildman–Crippen MR) is 83.8 cm³/mol. The van der Waals surface area contributed by atoms with Crippen molar-refractivity contribution in [2.45, 2.75) is 47.3 Å². The van der Waals surface area contributed by atoms with Crippen LogP contribution in [0.1, 0.15) is 36.5 Å². The lowest BCUT2D eigenvalue weighted by Gasteiger charge is -2.08. The summed E-state index contributed by atoms with van der Waals surface area (Å²) in [4.78, 5) is 0. The number of rotatable bonds is 6. The van der Waals surface area contributed by atoms with Crippen LogP contribution >= 0.6 is 15.9 Å². The number of nitrogens with zero attached hydrogens (tertiary/aromatic N) is 4. The number of nitrogens with one attached hydrogen (secondary N) is 1. The quantitative estimate of drug-likeness (QED) is 0.879. The summed E-state index contributed by atoms with van der Waals surface area (Å²) in [6.45, 7) is 11.8. The second-order valence-electron chi connectivity index (χ2n) is 4.86. The number of aryl methyl sites for hydroxylation is 2. The third kappa shape index (κ3) is 2.96. The standard InChI is InChI=1S/C14H22BrN5/c1-5-16-7-12-8-17-20(11(12)4)9-13-14(15)10(3)18-19(13)6-2/h8,16H,5-7,9H2,1-4H3. The van der Waals surface area contributed by atoms with Crippen LogP contribution in [0, 0.1) is 13.8 Å². The summed E-state index contributed by atoms with van der Waals surface area (Å²) in [5, 5.41) is 12.4. The topological polar surface area (TPSA) is 47.7 Å². The van der Waals surface area contributed by atoms with E-state index in [1.165, 1.54) is 17.0 Å². The molecule has 0 atom stereocenters. The molecule has 20 heavy (non-hydrogen) atoms. The van der Waals surface area contributed by atoms with Crippen molar-refractivity contribution >= 4 is 15.9 Å². The van der Waals surface area contributed by atoms with Gasteiger partial charge in [-0.2, -0.15) is 10.2 Å². The molecular weight excluding hydrogens is 318 g/mol. The molecule has 110 valence electrons. The van der Waals surface area contributed by atoms with Crippen LogP contribution in [0.25, 0.3) is 0 Å². The summed E-state index contributed by atoms with van der Waals surface area (Å²) >= 11 is 3.64. The maximum Gasteiger partial charge on any atom is 0.0842 e. The summed E-state index contributed by atoms with van der Waals surface area (Å²) in [5.74, 6) is 0. The van der Waals surface area contributed by atoms with Crippen molar-refractivity contribution in [3.05, 3.63) is 33.3 Å². The first-order chi connectivity index (χ1) is 9.58. The van der Waals surface area contributed by atoms with Crippen molar-refractivity contribution in [1.82, 2.24) is 24.9 Å². The molecule has 0 aliphatic heterocycles. The lowest BCUT2D eigenvalue weighted by atomic mass is 10.2. The van der Waals surface area contributed by atoms with Crippen LogP contribution in [0.4, 0.5) is 0 Å². The molecule has 2 rings (SSSR count). The largest absolute Gasteiger partial charge is 0.313 e. The van der Waals surface area contributed by atoms with Gasteiger partial charge < -0.3 is 5.32 Å². The number of halogens is 1. The third-order valence-electron chi connectivity index (χ3n) is 3.52. The highest BCUT2D eigenvalue weighted by Gasteiger charge is 2.14. The van der Waals surface area contributed by atoms with Crippen LogP contribution in [0.3, 0.4) is 0 Å². The lowest BCUT2D eigenvalue weighted by Crippen LogP contribution is -2.13. The molecule has 6 heteroatoms. The van der Waals surface area contributed by atoms with E-state index in [0.29, 0.717) is 0 Å². The van der Waals surface area contributed by atoms with Crippen molar-refractivity contribution in [3.63, 3.8) is 0 Å². The van der Waals surface area contributed by atoms with Gasteiger partial charge in [-0.15, -0.1) is 0 Å². The fourth-order valence-electron chi connectivity index (χ4n) is 2.24. The molecule has 0 bridgehead atoms. The minimum atomic E-state index is 0.743. The Morgan fingerprint density at radius 1 is 1.25 bits per heavy atom. The van der Waals surface area contributed by atoms with E-state index in [0.717, 1.165) is 36.3 Å². The predicted octanol–water partition coefficient (Wildman–Crippen LogP) is 2.64. The first-order valence-electron chi connectivity index (χ1n) is 7.02. The Hall–Kier alpha value is -1.14.